The number of carbonyl (C=O) groups excluding carboxylic acids is 6. The van der Waals surface area contributed by atoms with Gasteiger partial charge in [0.15, 0.2) is 0 Å². The first-order valence-electron chi connectivity index (χ1n) is 19.4. The van der Waals surface area contributed by atoms with Crippen LogP contribution in [0, 0.1) is 0 Å². The summed E-state index contributed by atoms with van der Waals surface area (Å²) < 4.78 is 16.6. The van der Waals surface area contributed by atoms with E-state index < -0.39 is 36.6 Å². The SMILES string of the molecule is CC(=O)N[C@@H]1[C@@H](O)[C@H](O)CO[C@]1(CO)OCCCCC(=O)NCCCNC(=O)CCOCCNC(=O)CCCCCCCCCCCN1C(=O)C=CC1=O. The summed E-state index contributed by atoms with van der Waals surface area (Å²) in [6, 6.07) is -1.17. The predicted molar refractivity (Wildman–Crippen MR) is 196 cm³/mol. The van der Waals surface area contributed by atoms with E-state index in [1.54, 1.807) is 0 Å². The number of aliphatic hydroxyl groups excluding tert-OH is 3. The topological polar surface area (TPSA) is 242 Å². The summed E-state index contributed by atoms with van der Waals surface area (Å²) in [4.78, 5) is 72.1. The smallest absolute Gasteiger partial charge is 0.253 e. The van der Waals surface area contributed by atoms with Gasteiger partial charge in [0.25, 0.3) is 11.8 Å². The number of amides is 6. The number of hydrogen-bond acceptors (Lipinski definition) is 12. The van der Waals surface area contributed by atoms with Crippen LogP contribution in [0.25, 0.3) is 0 Å². The quantitative estimate of drug-likeness (QED) is 0.0380. The zero-order valence-corrected chi connectivity index (χ0v) is 31.8. The van der Waals surface area contributed by atoms with Gasteiger partial charge in [-0.25, -0.2) is 0 Å². The van der Waals surface area contributed by atoms with Gasteiger partial charge >= 0.3 is 0 Å². The van der Waals surface area contributed by atoms with Gasteiger partial charge in [-0.15, -0.1) is 0 Å². The molecular weight excluding hydrogens is 706 g/mol. The highest BCUT2D eigenvalue weighted by molar-refractivity contribution is 6.12. The van der Waals surface area contributed by atoms with E-state index in [4.69, 9.17) is 14.2 Å². The second kappa shape index (κ2) is 27.2. The van der Waals surface area contributed by atoms with Gasteiger partial charge in [-0.05, 0) is 32.1 Å². The average molecular weight is 770 g/mol. The Morgan fingerprint density at radius 1 is 0.741 bits per heavy atom. The number of imide groups is 1. The minimum atomic E-state index is -1.71. The lowest BCUT2D eigenvalue weighted by Crippen LogP contribution is -2.69. The summed E-state index contributed by atoms with van der Waals surface area (Å²) in [6.45, 7) is 2.60. The third kappa shape index (κ3) is 18.7. The number of unbranched alkanes of at least 4 members (excludes halogenated alkanes) is 9. The largest absolute Gasteiger partial charge is 0.391 e. The van der Waals surface area contributed by atoms with Gasteiger partial charge in [0, 0.05) is 64.5 Å². The van der Waals surface area contributed by atoms with Crippen LogP contribution in [0.3, 0.4) is 0 Å². The summed E-state index contributed by atoms with van der Waals surface area (Å²) >= 11 is 0. The van der Waals surface area contributed by atoms with Gasteiger partial charge in [-0.3, -0.25) is 33.7 Å². The second-order valence-electron chi connectivity index (χ2n) is 13.7. The number of carbonyl (C=O) groups is 6. The van der Waals surface area contributed by atoms with Crippen LogP contribution in [-0.2, 0) is 43.0 Å². The maximum atomic E-state index is 12.2. The number of nitrogens with zero attached hydrogens (tertiary/aromatic N) is 1. The van der Waals surface area contributed by atoms with Crippen molar-refractivity contribution in [3.05, 3.63) is 12.2 Å². The number of hydrogen-bond donors (Lipinski definition) is 7. The molecule has 308 valence electrons. The number of ether oxygens (including phenoxy) is 3. The number of aliphatic hydroxyl groups is 3. The van der Waals surface area contributed by atoms with Crippen molar-refractivity contribution in [2.75, 3.05) is 59.2 Å². The molecule has 2 aliphatic rings. The first-order valence-corrected chi connectivity index (χ1v) is 19.4. The Hall–Kier alpha value is -3.48. The van der Waals surface area contributed by atoms with Gasteiger partial charge in [0.2, 0.25) is 29.4 Å². The van der Waals surface area contributed by atoms with Crippen molar-refractivity contribution in [2.24, 2.45) is 0 Å². The Balaban J connectivity index is 1.34. The molecule has 54 heavy (non-hydrogen) atoms. The lowest BCUT2D eigenvalue weighted by atomic mass is 9.94. The molecule has 1 fully saturated rings. The van der Waals surface area contributed by atoms with E-state index >= 15 is 0 Å². The molecule has 2 rings (SSSR count). The minimum Gasteiger partial charge on any atom is -0.391 e. The molecule has 0 saturated carbocycles. The highest BCUT2D eigenvalue weighted by Gasteiger charge is 2.51. The molecule has 2 aliphatic heterocycles. The van der Waals surface area contributed by atoms with Crippen molar-refractivity contribution < 1.29 is 58.3 Å². The van der Waals surface area contributed by atoms with Crippen molar-refractivity contribution in [1.29, 1.82) is 0 Å². The molecular formula is C37H63N5O12. The van der Waals surface area contributed by atoms with Crippen LogP contribution in [0.4, 0.5) is 0 Å². The molecule has 6 amide bonds. The lowest BCUT2D eigenvalue weighted by molar-refractivity contribution is -0.317. The zero-order valence-electron chi connectivity index (χ0n) is 31.8. The average Bonchev–Trinajstić information content (AvgIpc) is 3.46. The molecule has 0 unspecified atom stereocenters. The van der Waals surface area contributed by atoms with E-state index in [0.29, 0.717) is 58.5 Å². The Morgan fingerprint density at radius 2 is 1.28 bits per heavy atom. The zero-order chi connectivity index (χ0) is 39.6. The van der Waals surface area contributed by atoms with Crippen LogP contribution in [0.15, 0.2) is 12.2 Å². The predicted octanol–water partition coefficient (Wildman–Crippen LogP) is 0.0900. The highest BCUT2D eigenvalue weighted by Crippen LogP contribution is 2.28. The molecule has 4 atom stereocenters. The lowest BCUT2D eigenvalue weighted by Gasteiger charge is -2.46. The fraction of sp³-hybridized carbons (Fsp3) is 0.784. The van der Waals surface area contributed by atoms with E-state index in [-0.39, 0.29) is 62.2 Å². The van der Waals surface area contributed by atoms with E-state index in [0.717, 1.165) is 57.8 Å². The standard InChI is InChI=1S/C37H63N5O12/c1-28(44)41-36-35(51)29(45)26-54-37(36,27-43)53-23-12-10-15-30(46)38-19-13-20-39-32(48)18-24-52-25-21-40-31(47)14-9-7-5-3-2-4-6-8-11-22-42-33(49)16-17-34(42)50/h16-17,29,35-36,43,45,51H,2-15,18-27H2,1H3,(H,38,46)(H,39,48)(H,40,47)(H,41,44)/t29-,35+,36-,37+/m1/s1. The monoisotopic (exact) mass is 769 g/mol. The molecule has 0 radical (unpaired) electrons. The summed E-state index contributed by atoms with van der Waals surface area (Å²) in [7, 11) is 0. The molecule has 0 aromatic heterocycles. The molecule has 0 bridgehead atoms. The maximum Gasteiger partial charge on any atom is 0.253 e. The van der Waals surface area contributed by atoms with Crippen molar-refractivity contribution in [3.63, 3.8) is 0 Å². The molecule has 0 aliphatic carbocycles. The highest BCUT2D eigenvalue weighted by atomic mass is 16.7. The van der Waals surface area contributed by atoms with Crippen LogP contribution in [0.5, 0.6) is 0 Å². The summed E-state index contributed by atoms with van der Waals surface area (Å²) in [5.74, 6) is -2.97. The molecule has 17 heteroatoms. The summed E-state index contributed by atoms with van der Waals surface area (Å²) in [5.41, 5.74) is 0. The summed E-state index contributed by atoms with van der Waals surface area (Å²) in [6.07, 6.45) is 11.6. The van der Waals surface area contributed by atoms with Gasteiger partial charge in [-0.1, -0.05) is 44.9 Å². The van der Waals surface area contributed by atoms with Crippen molar-refractivity contribution >= 4 is 35.4 Å². The van der Waals surface area contributed by atoms with Crippen LogP contribution >= 0.6 is 0 Å². The third-order valence-electron chi connectivity index (χ3n) is 9.16. The first-order chi connectivity index (χ1) is 26.0. The number of nitrogens with one attached hydrogen (secondary N) is 4. The van der Waals surface area contributed by atoms with E-state index in [2.05, 4.69) is 21.3 Å². The molecule has 2 heterocycles. The van der Waals surface area contributed by atoms with Crippen LogP contribution in [0.1, 0.15) is 103 Å². The maximum absolute atomic E-state index is 12.2. The van der Waals surface area contributed by atoms with Gasteiger partial charge in [-0.2, -0.15) is 0 Å². The Labute approximate surface area is 318 Å². The molecule has 7 N–H and O–H groups in total. The van der Waals surface area contributed by atoms with Crippen LogP contribution in [0.2, 0.25) is 0 Å². The van der Waals surface area contributed by atoms with Gasteiger partial charge < -0.3 is 50.8 Å². The van der Waals surface area contributed by atoms with Crippen molar-refractivity contribution in [1.82, 2.24) is 26.2 Å². The van der Waals surface area contributed by atoms with Crippen LogP contribution < -0.4 is 21.3 Å². The van der Waals surface area contributed by atoms with E-state index in [9.17, 15) is 44.1 Å². The van der Waals surface area contributed by atoms with Crippen molar-refractivity contribution in [2.45, 2.75) is 127 Å². The third-order valence-corrected chi connectivity index (χ3v) is 9.16. The molecule has 1 saturated heterocycles. The number of rotatable bonds is 30. The minimum absolute atomic E-state index is 0.00925. The Kier molecular flexibility index (Phi) is 23.5. The van der Waals surface area contributed by atoms with Gasteiger partial charge in [0.05, 0.1) is 33.0 Å². The van der Waals surface area contributed by atoms with E-state index in [1.807, 2.05) is 0 Å². The van der Waals surface area contributed by atoms with E-state index in [1.165, 1.54) is 24.0 Å². The first kappa shape index (κ1) is 46.7. The summed E-state index contributed by atoms with van der Waals surface area (Å²) in [5, 5.41) is 41.0. The van der Waals surface area contributed by atoms with Gasteiger partial charge in [0.1, 0.15) is 18.2 Å². The fourth-order valence-electron chi connectivity index (χ4n) is 6.05. The molecule has 0 aromatic rings. The molecule has 17 nitrogen and oxygen atoms in total. The van der Waals surface area contributed by atoms with Crippen molar-refractivity contribution in [3.8, 4) is 0 Å². The normalized spacial score (nSPS) is 21.0. The Morgan fingerprint density at radius 3 is 1.87 bits per heavy atom. The van der Waals surface area contributed by atoms with Crippen LogP contribution in [-0.4, -0.2) is 139 Å². The second-order valence-corrected chi connectivity index (χ2v) is 13.7. The molecule has 0 aromatic carbocycles. The fourth-order valence-corrected chi connectivity index (χ4v) is 6.05. The molecule has 0 spiro atoms. The Bertz CT molecular complexity index is 1190.